The molecular weight excluding hydrogens is 438 g/mol. The first-order valence-electron chi connectivity index (χ1n) is 12.4. The van der Waals surface area contributed by atoms with E-state index in [1.54, 1.807) is 17.3 Å². The molecule has 0 aliphatic carbocycles. The number of aryl methyl sites for hydroxylation is 1. The van der Waals surface area contributed by atoms with Gasteiger partial charge in [0.2, 0.25) is 5.91 Å². The Balaban J connectivity index is 1.16. The standard InChI is InChI=1S/C27H33N7O/c1-20(35)32-23-7-5-21(6-8-23)11-13-33-14-12-28-17-25(33)4-2-3-22-16-30-27-10-9-24(15-26(22)27)34-19-29-18-31-34/h5-10,15-16,18-19,25,28,30H,2-4,11-14,17H2,1H3,(H,32,35). The van der Waals surface area contributed by atoms with Crippen LogP contribution in [0.4, 0.5) is 5.69 Å². The third kappa shape index (κ3) is 5.78. The SMILES string of the molecule is CC(=O)Nc1ccc(CCN2CCNCC2CCCc2c[nH]c3ccc(-n4cncn4)cc23)cc1. The van der Waals surface area contributed by atoms with Crippen molar-refractivity contribution in [3.63, 3.8) is 0 Å². The molecule has 1 aliphatic rings. The number of nitrogens with one attached hydrogen (secondary N) is 3. The minimum atomic E-state index is -0.0373. The number of aromatic nitrogens is 4. The number of aromatic amines is 1. The van der Waals surface area contributed by atoms with Gasteiger partial charge in [-0.05, 0) is 67.1 Å². The maximum atomic E-state index is 11.2. The Morgan fingerprint density at radius 2 is 2.06 bits per heavy atom. The second kappa shape index (κ2) is 10.8. The van der Waals surface area contributed by atoms with E-state index in [0.717, 1.165) is 62.3 Å². The van der Waals surface area contributed by atoms with Gasteiger partial charge in [0.1, 0.15) is 12.7 Å². The van der Waals surface area contributed by atoms with Gasteiger partial charge in [0.25, 0.3) is 0 Å². The van der Waals surface area contributed by atoms with Crippen LogP contribution in [0.2, 0.25) is 0 Å². The van der Waals surface area contributed by atoms with Gasteiger partial charge in [-0.15, -0.1) is 0 Å². The molecule has 8 nitrogen and oxygen atoms in total. The van der Waals surface area contributed by atoms with Crippen LogP contribution in [0.3, 0.4) is 0 Å². The number of benzene rings is 2. The number of hydrogen-bond donors (Lipinski definition) is 3. The molecule has 35 heavy (non-hydrogen) atoms. The molecule has 3 heterocycles. The van der Waals surface area contributed by atoms with E-state index in [-0.39, 0.29) is 5.91 Å². The summed E-state index contributed by atoms with van der Waals surface area (Å²) in [6.07, 6.45) is 9.83. The van der Waals surface area contributed by atoms with Gasteiger partial charge in [0.15, 0.2) is 0 Å². The van der Waals surface area contributed by atoms with Gasteiger partial charge in [-0.1, -0.05) is 12.1 Å². The van der Waals surface area contributed by atoms with Crippen molar-refractivity contribution in [2.75, 3.05) is 31.5 Å². The van der Waals surface area contributed by atoms with Crippen LogP contribution in [0.5, 0.6) is 0 Å². The number of amides is 1. The van der Waals surface area contributed by atoms with Gasteiger partial charge in [-0.25, -0.2) is 9.67 Å². The number of H-pyrrole nitrogens is 1. The molecule has 1 atom stereocenters. The predicted octanol–water partition coefficient (Wildman–Crippen LogP) is 3.55. The maximum absolute atomic E-state index is 11.2. The zero-order valence-electron chi connectivity index (χ0n) is 20.2. The van der Waals surface area contributed by atoms with Crippen LogP contribution in [-0.4, -0.2) is 62.8 Å². The van der Waals surface area contributed by atoms with E-state index in [0.29, 0.717) is 6.04 Å². The Morgan fingerprint density at radius 3 is 2.86 bits per heavy atom. The summed E-state index contributed by atoms with van der Waals surface area (Å²) in [4.78, 5) is 21.3. The highest BCUT2D eigenvalue weighted by molar-refractivity contribution is 5.88. The van der Waals surface area contributed by atoms with Crippen LogP contribution in [0, 0.1) is 0 Å². The first-order chi connectivity index (χ1) is 17.2. The molecule has 182 valence electrons. The van der Waals surface area contributed by atoms with Gasteiger partial charge in [-0.3, -0.25) is 9.69 Å². The van der Waals surface area contributed by atoms with Crippen molar-refractivity contribution in [1.29, 1.82) is 0 Å². The lowest BCUT2D eigenvalue weighted by atomic mass is 10.0. The van der Waals surface area contributed by atoms with E-state index in [1.165, 1.54) is 29.9 Å². The number of rotatable bonds is 9. The number of nitrogens with zero attached hydrogens (tertiary/aromatic N) is 4. The zero-order chi connectivity index (χ0) is 24.0. The fourth-order valence-electron chi connectivity index (χ4n) is 5.00. The summed E-state index contributed by atoms with van der Waals surface area (Å²) in [6, 6.07) is 15.1. The summed E-state index contributed by atoms with van der Waals surface area (Å²) < 4.78 is 1.80. The highest BCUT2D eigenvalue weighted by Crippen LogP contribution is 2.24. The van der Waals surface area contributed by atoms with Crippen LogP contribution < -0.4 is 10.6 Å². The minimum absolute atomic E-state index is 0.0373. The largest absolute Gasteiger partial charge is 0.361 e. The van der Waals surface area contributed by atoms with E-state index in [4.69, 9.17) is 0 Å². The monoisotopic (exact) mass is 471 g/mol. The Labute approximate surface area is 205 Å². The second-order valence-corrected chi connectivity index (χ2v) is 9.30. The molecular formula is C27H33N7O. The van der Waals surface area contributed by atoms with E-state index in [1.807, 2.05) is 12.1 Å². The molecule has 0 spiro atoms. The number of anilines is 1. The summed E-state index contributed by atoms with van der Waals surface area (Å²) in [6.45, 7) is 5.77. The zero-order valence-corrected chi connectivity index (χ0v) is 20.2. The molecule has 4 aromatic rings. The molecule has 1 saturated heterocycles. The normalized spacial score (nSPS) is 16.5. The quantitative estimate of drug-likeness (QED) is 0.347. The molecule has 2 aromatic heterocycles. The molecule has 0 bridgehead atoms. The van der Waals surface area contributed by atoms with Crippen molar-refractivity contribution < 1.29 is 4.79 Å². The topological polar surface area (TPSA) is 90.9 Å². The smallest absolute Gasteiger partial charge is 0.221 e. The van der Waals surface area contributed by atoms with Crippen LogP contribution in [-0.2, 0) is 17.6 Å². The molecule has 8 heteroatoms. The molecule has 1 unspecified atom stereocenters. The average molecular weight is 472 g/mol. The molecule has 5 rings (SSSR count). The third-order valence-electron chi connectivity index (χ3n) is 6.85. The highest BCUT2D eigenvalue weighted by Gasteiger charge is 2.21. The Morgan fingerprint density at radius 1 is 1.17 bits per heavy atom. The van der Waals surface area contributed by atoms with Crippen molar-refractivity contribution in [2.45, 2.75) is 38.6 Å². The van der Waals surface area contributed by atoms with Gasteiger partial charge in [0.05, 0.1) is 5.69 Å². The first kappa shape index (κ1) is 23.3. The van der Waals surface area contributed by atoms with Crippen molar-refractivity contribution in [1.82, 2.24) is 30.0 Å². The first-order valence-corrected chi connectivity index (χ1v) is 12.4. The lowest BCUT2D eigenvalue weighted by Crippen LogP contribution is -2.51. The summed E-state index contributed by atoms with van der Waals surface area (Å²) in [5.41, 5.74) is 5.71. The van der Waals surface area contributed by atoms with Gasteiger partial charge in [0, 0.05) is 61.9 Å². The fourth-order valence-corrected chi connectivity index (χ4v) is 5.00. The van der Waals surface area contributed by atoms with E-state index in [9.17, 15) is 4.79 Å². The fraction of sp³-hybridized carbons (Fsp3) is 0.370. The summed E-state index contributed by atoms with van der Waals surface area (Å²) in [5.74, 6) is -0.0373. The van der Waals surface area contributed by atoms with Gasteiger partial charge < -0.3 is 15.6 Å². The van der Waals surface area contributed by atoms with Crippen LogP contribution in [0.15, 0.2) is 61.3 Å². The molecule has 1 fully saturated rings. The maximum Gasteiger partial charge on any atom is 0.221 e. The molecule has 1 amide bonds. The highest BCUT2D eigenvalue weighted by atomic mass is 16.1. The van der Waals surface area contributed by atoms with Crippen LogP contribution in [0.25, 0.3) is 16.6 Å². The lowest BCUT2D eigenvalue weighted by molar-refractivity contribution is -0.114. The predicted molar refractivity (Wildman–Crippen MR) is 139 cm³/mol. The summed E-state index contributed by atoms with van der Waals surface area (Å²) in [5, 5.41) is 11.9. The average Bonchev–Trinajstić information content (AvgIpc) is 3.54. The van der Waals surface area contributed by atoms with Crippen LogP contribution in [0.1, 0.15) is 30.9 Å². The van der Waals surface area contributed by atoms with E-state index >= 15 is 0 Å². The van der Waals surface area contributed by atoms with Gasteiger partial charge >= 0.3 is 0 Å². The third-order valence-corrected chi connectivity index (χ3v) is 6.85. The van der Waals surface area contributed by atoms with Crippen molar-refractivity contribution in [2.24, 2.45) is 0 Å². The number of hydrogen-bond acceptors (Lipinski definition) is 5. The molecule has 2 aromatic carbocycles. The van der Waals surface area contributed by atoms with E-state index in [2.05, 4.69) is 67.1 Å². The number of carbonyl (C=O) groups excluding carboxylic acids is 1. The summed E-state index contributed by atoms with van der Waals surface area (Å²) in [7, 11) is 0. The molecule has 3 N–H and O–H groups in total. The molecule has 0 radical (unpaired) electrons. The number of fused-ring (bicyclic) bond motifs is 1. The minimum Gasteiger partial charge on any atom is -0.361 e. The van der Waals surface area contributed by atoms with Gasteiger partial charge in [-0.2, -0.15) is 5.10 Å². The Hall–Kier alpha value is -3.49. The lowest BCUT2D eigenvalue weighted by Gasteiger charge is -2.36. The molecule has 0 saturated carbocycles. The summed E-state index contributed by atoms with van der Waals surface area (Å²) >= 11 is 0. The van der Waals surface area contributed by atoms with Crippen molar-refractivity contribution in [3.05, 3.63) is 72.4 Å². The van der Waals surface area contributed by atoms with Crippen molar-refractivity contribution >= 4 is 22.5 Å². The van der Waals surface area contributed by atoms with Crippen molar-refractivity contribution in [3.8, 4) is 5.69 Å². The second-order valence-electron chi connectivity index (χ2n) is 9.30. The van der Waals surface area contributed by atoms with E-state index < -0.39 is 0 Å². The molecule has 1 aliphatic heterocycles. The Bertz CT molecular complexity index is 1250. The number of piperazine rings is 1. The number of carbonyl (C=O) groups is 1. The Kier molecular flexibility index (Phi) is 7.20. The van der Waals surface area contributed by atoms with Crippen LogP contribution >= 0.6 is 0 Å².